The molecule has 2 atom stereocenters. The number of fused-ring (bicyclic) bond motifs is 2. The fourth-order valence-corrected chi connectivity index (χ4v) is 8.89. The van der Waals surface area contributed by atoms with Gasteiger partial charge in [-0.05, 0) is 75.4 Å². The average molecular weight is 649 g/mol. The average Bonchev–Trinajstić information content (AvgIpc) is 3.58. The van der Waals surface area contributed by atoms with Crippen LogP contribution in [0.25, 0.3) is 21.9 Å². The predicted molar refractivity (Wildman–Crippen MR) is 182 cm³/mol. The van der Waals surface area contributed by atoms with Gasteiger partial charge in [0.2, 0.25) is 10.0 Å². The number of thioether (sulfide) groups is 1. The maximum absolute atomic E-state index is 14.2. The number of benzene rings is 2. The highest BCUT2D eigenvalue weighted by Crippen LogP contribution is 2.40. The molecule has 0 radical (unpaired) electrons. The number of nitrogens with zero attached hydrogens (tertiary/aromatic N) is 4. The summed E-state index contributed by atoms with van der Waals surface area (Å²) in [5.74, 6) is 0.355. The number of nitriles is 1. The Kier molecular flexibility index (Phi) is 8.54. The van der Waals surface area contributed by atoms with E-state index in [0.717, 1.165) is 16.5 Å². The molecule has 11 heteroatoms. The fourth-order valence-electron chi connectivity index (χ4n) is 5.72. The third-order valence-electron chi connectivity index (χ3n) is 8.41. The van der Waals surface area contributed by atoms with Crippen molar-refractivity contribution >= 4 is 51.8 Å². The summed E-state index contributed by atoms with van der Waals surface area (Å²) in [6, 6.07) is 13.8. The number of allylic oxidation sites excluding steroid dienone is 2. The quantitative estimate of drug-likeness (QED) is 0.147. The van der Waals surface area contributed by atoms with Gasteiger partial charge in [-0.15, -0.1) is 11.8 Å². The van der Waals surface area contributed by atoms with Gasteiger partial charge in [0.05, 0.1) is 28.2 Å². The van der Waals surface area contributed by atoms with Crippen molar-refractivity contribution in [2.45, 2.75) is 70.0 Å². The zero-order valence-electron chi connectivity index (χ0n) is 26.4. The number of ether oxygens (including phenoxy) is 1. The number of aliphatic hydroxyl groups is 1. The number of imidazole rings is 1. The van der Waals surface area contributed by atoms with Crippen molar-refractivity contribution in [2.75, 3.05) is 12.9 Å². The van der Waals surface area contributed by atoms with Crippen LogP contribution in [0, 0.1) is 18.3 Å². The van der Waals surface area contributed by atoms with Crippen LogP contribution in [0.3, 0.4) is 0 Å². The maximum Gasteiger partial charge on any atom is 0.248 e. The van der Waals surface area contributed by atoms with Gasteiger partial charge in [-0.2, -0.15) is 5.26 Å². The summed E-state index contributed by atoms with van der Waals surface area (Å²) in [4.78, 5) is 5.75. The van der Waals surface area contributed by atoms with E-state index in [0.29, 0.717) is 51.9 Å². The molecule has 0 saturated heterocycles. The second-order valence-electron chi connectivity index (χ2n) is 13.1. The summed E-state index contributed by atoms with van der Waals surface area (Å²) in [7, 11) is -5.20. The van der Waals surface area contributed by atoms with E-state index in [2.05, 4.69) is 25.7 Å². The fraction of sp³-hybridized carbons (Fsp3) is 0.394. The molecule has 0 aliphatic heterocycles. The molecule has 0 amide bonds. The summed E-state index contributed by atoms with van der Waals surface area (Å²) < 4.78 is 36.7. The van der Waals surface area contributed by atoms with Crippen LogP contribution < -0.4 is 0 Å². The first-order valence-corrected chi connectivity index (χ1v) is 21.0. The number of hydrogen-bond donors (Lipinski definition) is 1. The first-order chi connectivity index (χ1) is 20.6. The van der Waals surface area contributed by atoms with E-state index >= 15 is 0 Å². The largest absolute Gasteiger partial charge is 0.377 e. The van der Waals surface area contributed by atoms with E-state index in [-0.39, 0.29) is 6.73 Å². The van der Waals surface area contributed by atoms with Gasteiger partial charge in [0.15, 0.2) is 0 Å². The third-order valence-corrected chi connectivity index (χ3v) is 13.1. The standard InChI is InChI=1S/C33H40N4O4S2Si/c1-23-10-12-27(26-14-16-37(30(23)26)43(39,40)32(2)15-8-9-25(20-32)42-4)33(3,38)31-35-28-13-11-24(21-34)19-29(28)36(31)22-41-17-18-44(5,6)7/h8-14,16,19-20,38H,15,17-18,22H2,1-7H3. The van der Waals surface area contributed by atoms with E-state index in [4.69, 9.17) is 9.72 Å². The Hall–Kier alpha value is -3.14. The summed E-state index contributed by atoms with van der Waals surface area (Å²) in [6.07, 6.45) is 9.58. The van der Waals surface area contributed by atoms with E-state index in [1.807, 2.05) is 48.1 Å². The Morgan fingerprint density at radius 2 is 1.98 bits per heavy atom. The molecule has 44 heavy (non-hydrogen) atoms. The summed E-state index contributed by atoms with van der Waals surface area (Å²) >= 11 is 1.52. The van der Waals surface area contributed by atoms with Crippen LogP contribution in [-0.4, -0.2) is 52.7 Å². The van der Waals surface area contributed by atoms with Gasteiger partial charge in [0, 0.05) is 36.7 Å². The molecule has 5 rings (SSSR count). The SMILES string of the molecule is CSC1=CC(C)(S(=O)(=O)n2ccc3c(C(C)(O)c4nc5ccc(C#N)cc5n4COCC[Si](C)(C)C)ccc(C)c32)CC=C1. The van der Waals surface area contributed by atoms with Crippen LogP contribution in [0.4, 0.5) is 0 Å². The van der Waals surface area contributed by atoms with Gasteiger partial charge in [0.25, 0.3) is 0 Å². The molecule has 0 saturated carbocycles. The number of aromatic nitrogens is 3. The molecular weight excluding hydrogens is 609 g/mol. The second-order valence-corrected chi connectivity index (χ2v) is 21.9. The lowest BCUT2D eigenvalue weighted by atomic mass is 9.91. The Morgan fingerprint density at radius 1 is 1.23 bits per heavy atom. The number of rotatable bonds is 10. The van der Waals surface area contributed by atoms with Crippen LogP contribution in [0.15, 0.2) is 65.7 Å². The van der Waals surface area contributed by atoms with E-state index in [1.165, 1.54) is 15.7 Å². The normalized spacial score (nSPS) is 18.8. The van der Waals surface area contributed by atoms with Gasteiger partial charge in [-0.1, -0.05) is 43.9 Å². The first-order valence-electron chi connectivity index (χ1n) is 14.6. The molecule has 1 aliphatic carbocycles. The van der Waals surface area contributed by atoms with Gasteiger partial charge < -0.3 is 14.4 Å². The van der Waals surface area contributed by atoms with E-state index in [9.17, 15) is 18.8 Å². The molecule has 2 aromatic carbocycles. The van der Waals surface area contributed by atoms with Crippen LogP contribution in [-0.2, 0) is 27.1 Å². The van der Waals surface area contributed by atoms with Crippen molar-refractivity contribution in [3.05, 3.63) is 88.2 Å². The molecule has 0 spiro atoms. The minimum atomic E-state index is -3.87. The minimum absolute atomic E-state index is 0.154. The molecule has 0 bridgehead atoms. The lowest BCUT2D eigenvalue weighted by Crippen LogP contribution is -2.38. The minimum Gasteiger partial charge on any atom is -0.377 e. The Labute approximate surface area is 265 Å². The molecular formula is C33H40N4O4S2Si. The molecule has 232 valence electrons. The van der Waals surface area contributed by atoms with Crippen molar-refractivity contribution in [2.24, 2.45) is 0 Å². The van der Waals surface area contributed by atoms with E-state index in [1.54, 1.807) is 44.3 Å². The molecule has 1 N–H and O–H groups in total. The summed E-state index contributed by atoms with van der Waals surface area (Å²) in [5, 5.41) is 22.5. The number of hydrogen-bond acceptors (Lipinski definition) is 7. The maximum atomic E-state index is 14.2. The molecule has 2 heterocycles. The van der Waals surface area contributed by atoms with Crippen molar-refractivity contribution in [3.63, 3.8) is 0 Å². The van der Waals surface area contributed by atoms with Crippen LogP contribution in [0.5, 0.6) is 0 Å². The van der Waals surface area contributed by atoms with E-state index < -0.39 is 28.4 Å². The van der Waals surface area contributed by atoms with Gasteiger partial charge >= 0.3 is 0 Å². The summed E-state index contributed by atoms with van der Waals surface area (Å²) in [6.45, 7) is 12.9. The van der Waals surface area contributed by atoms with Crippen LogP contribution in [0.2, 0.25) is 25.7 Å². The van der Waals surface area contributed by atoms with Crippen molar-refractivity contribution in [1.29, 1.82) is 5.26 Å². The van der Waals surface area contributed by atoms with Gasteiger partial charge in [-0.3, -0.25) is 0 Å². The smallest absolute Gasteiger partial charge is 0.248 e. The van der Waals surface area contributed by atoms with Crippen molar-refractivity contribution in [1.82, 2.24) is 13.5 Å². The van der Waals surface area contributed by atoms with Crippen LogP contribution >= 0.6 is 11.8 Å². The Morgan fingerprint density at radius 3 is 2.66 bits per heavy atom. The highest BCUT2D eigenvalue weighted by atomic mass is 32.2. The molecule has 8 nitrogen and oxygen atoms in total. The third kappa shape index (κ3) is 5.70. The predicted octanol–water partition coefficient (Wildman–Crippen LogP) is 6.88. The lowest BCUT2D eigenvalue weighted by Gasteiger charge is -2.29. The van der Waals surface area contributed by atoms with Crippen LogP contribution in [0.1, 0.15) is 42.8 Å². The highest BCUT2D eigenvalue weighted by molar-refractivity contribution is 8.02. The molecule has 1 aliphatic rings. The topological polar surface area (TPSA) is 110 Å². The van der Waals surface area contributed by atoms with Gasteiger partial charge in [0.1, 0.15) is 22.9 Å². The number of aryl methyl sites for hydroxylation is 1. The molecule has 4 aromatic rings. The Bertz CT molecular complexity index is 1960. The highest BCUT2D eigenvalue weighted by Gasteiger charge is 2.41. The molecule has 0 fully saturated rings. The zero-order chi connectivity index (χ0) is 32.1. The van der Waals surface area contributed by atoms with Crippen molar-refractivity contribution in [3.8, 4) is 6.07 Å². The molecule has 2 unspecified atom stereocenters. The molecule has 2 aromatic heterocycles. The first kappa shape index (κ1) is 32.3. The monoisotopic (exact) mass is 648 g/mol. The second kappa shape index (κ2) is 11.7. The summed E-state index contributed by atoms with van der Waals surface area (Å²) in [5.41, 5.74) is 2.00. The van der Waals surface area contributed by atoms with Gasteiger partial charge in [-0.25, -0.2) is 17.4 Å². The lowest BCUT2D eigenvalue weighted by molar-refractivity contribution is 0.0571. The zero-order valence-corrected chi connectivity index (χ0v) is 29.0. The Balaban J connectivity index is 1.64. The van der Waals surface area contributed by atoms with Crippen molar-refractivity contribution < 1.29 is 18.3 Å².